The molecule has 0 N–H and O–H groups in total. The Hall–Kier alpha value is -8.93. The van der Waals surface area contributed by atoms with Gasteiger partial charge in [0.15, 0.2) is 23.3 Å². The quantitative estimate of drug-likeness (QED) is 0.0822. The summed E-state index contributed by atoms with van der Waals surface area (Å²) in [6.07, 6.45) is 1.75. The van der Waals surface area contributed by atoms with E-state index in [0.29, 0.717) is 23.3 Å². The second-order valence-corrected chi connectivity index (χ2v) is 21.5. The van der Waals surface area contributed by atoms with Gasteiger partial charge in [-0.3, -0.25) is 0 Å². The molecule has 12 aromatic carbocycles. The summed E-state index contributed by atoms with van der Waals surface area (Å²) < 4.78 is 0. The maximum atomic E-state index is 5.56. The summed E-state index contributed by atoms with van der Waals surface area (Å²) in [4.78, 5) is 26.6. The van der Waals surface area contributed by atoms with Crippen LogP contribution in [0.5, 0.6) is 0 Å². The van der Waals surface area contributed by atoms with E-state index in [1.54, 1.807) is 0 Å². The predicted molar refractivity (Wildman–Crippen MR) is 329 cm³/mol. The fourth-order valence-corrected chi connectivity index (χ4v) is 12.8. The smallest absolute Gasteiger partial charge is 0.164 e. The first-order chi connectivity index (χ1) is 37.4. The second-order valence-electron chi connectivity index (χ2n) is 21.5. The first-order valence-corrected chi connectivity index (χ1v) is 27.0. The SMILES string of the molecule is C=C(N=C(N=C(CCC)c1ccc2c(c1)c1cccc3c4cc5c6ccc(-c7nc(-c8c(C)cccc8C)nc(-c8c(C)cccc8C)n7)cc6c6cccc(c4cc2c13)c65)c1c(C)cccc1C)c1c(C)cccc1C. The lowest BCUT2D eigenvalue weighted by Gasteiger charge is -2.15. The Morgan fingerprint density at radius 3 is 1.26 bits per heavy atom. The van der Waals surface area contributed by atoms with Crippen molar-refractivity contribution < 1.29 is 0 Å². The van der Waals surface area contributed by atoms with E-state index in [1.807, 2.05) is 0 Å². The summed E-state index contributed by atoms with van der Waals surface area (Å²) >= 11 is 0. The molecule has 5 nitrogen and oxygen atoms in total. The highest BCUT2D eigenvalue weighted by molar-refractivity contribution is 6.41. The lowest BCUT2D eigenvalue weighted by Crippen LogP contribution is -2.10. The lowest BCUT2D eigenvalue weighted by atomic mass is 9.93. The maximum absolute atomic E-state index is 5.56. The Morgan fingerprint density at radius 1 is 0.377 bits per heavy atom. The number of hydrogen-bond acceptors (Lipinski definition) is 4. The van der Waals surface area contributed by atoms with Crippen LogP contribution in [-0.4, -0.2) is 26.5 Å². The summed E-state index contributed by atoms with van der Waals surface area (Å²) in [7, 11) is 0. The number of nitrogens with zero attached hydrogens (tertiary/aromatic N) is 5. The number of fused-ring (bicyclic) bond motifs is 9. The minimum atomic E-state index is 0.667. The van der Waals surface area contributed by atoms with Crippen LogP contribution in [0.15, 0.2) is 174 Å². The third-order valence-electron chi connectivity index (χ3n) is 16.4. The van der Waals surface area contributed by atoms with Gasteiger partial charge >= 0.3 is 0 Å². The van der Waals surface area contributed by atoms with E-state index in [1.165, 1.54) is 75.4 Å². The monoisotopic (exact) mass is 993 g/mol. The van der Waals surface area contributed by atoms with E-state index in [4.69, 9.17) is 24.9 Å². The van der Waals surface area contributed by atoms with Gasteiger partial charge in [-0.25, -0.2) is 24.9 Å². The molecule has 0 fully saturated rings. The number of amidine groups is 1. The Kier molecular flexibility index (Phi) is 11.4. The third-order valence-corrected chi connectivity index (χ3v) is 16.4. The van der Waals surface area contributed by atoms with Gasteiger partial charge in [-0.15, -0.1) is 0 Å². The van der Waals surface area contributed by atoms with Gasteiger partial charge in [0.05, 0.1) is 11.4 Å². The highest BCUT2D eigenvalue weighted by Gasteiger charge is 2.23. The zero-order chi connectivity index (χ0) is 53.0. The van der Waals surface area contributed by atoms with Crippen molar-refractivity contribution in [3.8, 4) is 34.2 Å². The molecular formula is C72H59N5. The zero-order valence-corrected chi connectivity index (χ0v) is 45.4. The molecule has 0 saturated carbocycles. The minimum absolute atomic E-state index is 0.667. The fraction of sp³-hybridized carbons (Fsp3) is 0.153. The van der Waals surface area contributed by atoms with E-state index >= 15 is 0 Å². The summed E-state index contributed by atoms with van der Waals surface area (Å²) in [6, 6.07) is 57.9. The predicted octanol–water partition coefficient (Wildman–Crippen LogP) is 19.0. The molecule has 372 valence electrons. The third kappa shape index (κ3) is 7.70. The topological polar surface area (TPSA) is 63.4 Å². The standard InChI is InChI=1S/C72H59N5/c1-11-18-62(74-70(64-41(4)21-13-22-42(64)5)73-47(10)63-39(2)19-12-20-40(63)3)48-31-33-50-56(35-48)52-27-16-29-54-59-38-61-51-34-32-49(36-57(51)53-28-17-30-55(68(53)61)58(59)37-60(50)67(52)54)69-75-71(65-43(6)23-14-24-44(65)7)77-72(76-69)66-45(8)25-15-26-46(66)9/h12-17,19-38H,10-11,18H2,1-9H3. The van der Waals surface area contributed by atoms with Crippen LogP contribution >= 0.6 is 0 Å². The average molecular weight is 994 g/mol. The van der Waals surface area contributed by atoms with E-state index in [9.17, 15) is 0 Å². The first-order valence-electron chi connectivity index (χ1n) is 27.0. The van der Waals surface area contributed by atoms with Crippen LogP contribution in [0.2, 0.25) is 0 Å². The van der Waals surface area contributed by atoms with Crippen molar-refractivity contribution in [1.82, 2.24) is 15.0 Å². The highest BCUT2D eigenvalue weighted by Crippen LogP contribution is 2.48. The van der Waals surface area contributed by atoms with Gasteiger partial charge < -0.3 is 0 Å². The van der Waals surface area contributed by atoms with E-state index < -0.39 is 0 Å². The van der Waals surface area contributed by atoms with Crippen LogP contribution in [0.4, 0.5) is 0 Å². The minimum Gasteiger partial charge on any atom is -0.232 e. The molecule has 1 heterocycles. The molecule has 13 rings (SSSR count). The average Bonchev–Trinajstić information content (AvgIpc) is 4.14. The number of rotatable bonds is 9. The van der Waals surface area contributed by atoms with Crippen molar-refractivity contribution in [2.75, 3.05) is 0 Å². The molecule has 0 radical (unpaired) electrons. The zero-order valence-electron chi connectivity index (χ0n) is 45.4. The van der Waals surface area contributed by atoms with Crippen molar-refractivity contribution in [3.63, 3.8) is 0 Å². The molecule has 13 aromatic rings. The largest absolute Gasteiger partial charge is 0.232 e. The lowest BCUT2D eigenvalue weighted by molar-refractivity contribution is 0.994. The second kappa shape index (κ2) is 18.4. The van der Waals surface area contributed by atoms with Crippen molar-refractivity contribution in [2.45, 2.75) is 75.2 Å². The van der Waals surface area contributed by atoms with Gasteiger partial charge in [-0.05, 0) is 212 Å². The van der Waals surface area contributed by atoms with Gasteiger partial charge in [0, 0.05) is 27.8 Å². The van der Waals surface area contributed by atoms with Gasteiger partial charge in [-0.2, -0.15) is 0 Å². The molecule has 0 saturated heterocycles. The summed E-state index contributed by atoms with van der Waals surface area (Å²) in [5.41, 5.74) is 17.2. The number of hydrogen-bond donors (Lipinski definition) is 0. The van der Waals surface area contributed by atoms with Gasteiger partial charge in [0.25, 0.3) is 0 Å². The summed E-state index contributed by atoms with van der Waals surface area (Å²) in [6.45, 7) is 23.9. The van der Waals surface area contributed by atoms with Crippen LogP contribution in [-0.2, 0) is 0 Å². The Balaban J connectivity index is 0.976. The normalized spacial score (nSPS) is 12.5. The molecule has 0 spiro atoms. The van der Waals surface area contributed by atoms with Crippen LogP contribution in [0, 0.1) is 55.4 Å². The van der Waals surface area contributed by atoms with Crippen LogP contribution in [0.3, 0.4) is 0 Å². The van der Waals surface area contributed by atoms with E-state index in [-0.39, 0.29) is 0 Å². The first kappa shape index (κ1) is 47.8. The van der Waals surface area contributed by atoms with Crippen LogP contribution in [0.25, 0.3) is 115 Å². The van der Waals surface area contributed by atoms with Gasteiger partial charge in [0.1, 0.15) is 0 Å². The molecule has 0 atom stereocenters. The maximum Gasteiger partial charge on any atom is 0.164 e. The fourth-order valence-electron chi connectivity index (χ4n) is 12.8. The van der Waals surface area contributed by atoms with E-state index in [2.05, 4.69) is 227 Å². The van der Waals surface area contributed by atoms with Crippen LogP contribution in [0.1, 0.15) is 81.0 Å². The number of aryl methyl sites for hydroxylation is 8. The Labute approximate surface area is 450 Å². The molecule has 0 bridgehead atoms. The molecule has 0 aliphatic carbocycles. The van der Waals surface area contributed by atoms with Gasteiger partial charge in [0.2, 0.25) is 0 Å². The molecule has 0 unspecified atom stereocenters. The molecule has 1 aromatic heterocycles. The Bertz CT molecular complexity index is 4540. The van der Waals surface area contributed by atoms with Crippen LogP contribution < -0.4 is 0 Å². The summed E-state index contributed by atoms with van der Waals surface area (Å²) in [5.74, 6) is 2.75. The molecule has 0 aliphatic heterocycles. The van der Waals surface area contributed by atoms with Crippen molar-refractivity contribution >= 4 is 92.7 Å². The van der Waals surface area contributed by atoms with Gasteiger partial charge in [-0.1, -0.05) is 153 Å². The van der Waals surface area contributed by atoms with Crippen molar-refractivity contribution in [1.29, 1.82) is 0 Å². The molecular weight excluding hydrogens is 935 g/mol. The van der Waals surface area contributed by atoms with Crippen molar-refractivity contribution in [2.24, 2.45) is 9.98 Å². The number of aromatic nitrogens is 3. The highest BCUT2D eigenvalue weighted by atomic mass is 15.0. The number of benzene rings is 10. The molecule has 0 aliphatic rings. The van der Waals surface area contributed by atoms with Crippen molar-refractivity contribution in [3.05, 3.63) is 226 Å². The molecule has 0 amide bonds. The van der Waals surface area contributed by atoms with E-state index in [0.717, 1.165) is 102 Å². The molecule has 5 heteroatoms. The Morgan fingerprint density at radius 2 is 0.779 bits per heavy atom. The molecule has 77 heavy (non-hydrogen) atoms. The summed E-state index contributed by atoms with van der Waals surface area (Å²) in [5, 5.41) is 17.6. The number of aliphatic imine (C=N–C) groups is 2.